The molecule has 10 nitrogen and oxygen atoms in total. The minimum absolute atomic E-state index is 0. The molecular weight excluding hydrogens is 444 g/mol. The van der Waals surface area contributed by atoms with Crippen molar-refractivity contribution >= 4 is 34.3 Å². The van der Waals surface area contributed by atoms with E-state index in [0.29, 0.717) is 31.4 Å². The van der Waals surface area contributed by atoms with Gasteiger partial charge >= 0.3 is 5.97 Å². The topological polar surface area (TPSA) is 120 Å². The number of fused-ring (bicyclic) bond motifs is 1. The van der Waals surface area contributed by atoms with E-state index in [0.717, 1.165) is 16.6 Å². The number of hydrogen-bond acceptors (Lipinski definition) is 8. The molecule has 0 radical (unpaired) electrons. The molecule has 0 saturated carbocycles. The third-order valence-corrected chi connectivity index (χ3v) is 5.83. The van der Waals surface area contributed by atoms with Crippen LogP contribution in [0.25, 0.3) is 10.9 Å². The molecule has 0 spiro atoms. The van der Waals surface area contributed by atoms with Gasteiger partial charge in [0.1, 0.15) is 5.82 Å². The number of esters is 1. The summed E-state index contributed by atoms with van der Waals surface area (Å²) in [5, 5.41) is 13.2. The third kappa shape index (κ3) is 5.46. The number of aliphatic imine (C=N–C) groups is 1. The number of piperazine rings is 1. The molecule has 4 rings (SSSR count). The summed E-state index contributed by atoms with van der Waals surface area (Å²) in [6, 6.07) is 9.67. The van der Waals surface area contributed by atoms with E-state index < -0.39 is 5.97 Å². The summed E-state index contributed by atoms with van der Waals surface area (Å²) >= 11 is 0. The van der Waals surface area contributed by atoms with Crippen LogP contribution in [0.15, 0.2) is 53.9 Å². The van der Waals surface area contributed by atoms with Crippen LogP contribution in [0.1, 0.15) is 31.8 Å². The molecule has 182 valence electrons. The van der Waals surface area contributed by atoms with Crippen LogP contribution in [0.5, 0.6) is 0 Å². The first kappa shape index (κ1) is 25.4. The lowest BCUT2D eigenvalue weighted by atomic mass is 10.00. The molecule has 2 aromatic heterocycles. The van der Waals surface area contributed by atoms with Gasteiger partial charge in [-0.3, -0.25) is 10.3 Å². The summed E-state index contributed by atoms with van der Waals surface area (Å²) in [7, 11) is 1.31. The standard InChI is InChI=1S/C24H26N8O2.CH4/c1-16(2)21-14-31(22-13-27-20(12-28-22)23(33)34-3)10-11-32(21)24(29-15-25)30-19-8-4-7-18-17(19)6-5-9-26-18;/h4-9,12-13,16,21H,10-11,14H2,1-3H3,(H,29,30);1H4/t21-;/m1./s1. The Morgan fingerprint density at radius 1 is 1.20 bits per heavy atom. The zero-order chi connectivity index (χ0) is 24.1. The van der Waals surface area contributed by atoms with Gasteiger partial charge in [-0.05, 0) is 30.2 Å². The molecule has 1 saturated heterocycles. The fraction of sp³-hybridized carbons (Fsp3) is 0.360. The summed E-state index contributed by atoms with van der Waals surface area (Å²) < 4.78 is 4.70. The van der Waals surface area contributed by atoms with E-state index in [1.54, 1.807) is 12.4 Å². The van der Waals surface area contributed by atoms with E-state index in [1.165, 1.54) is 13.3 Å². The van der Waals surface area contributed by atoms with Crippen molar-refractivity contribution in [3.63, 3.8) is 0 Å². The van der Waals surface area contributed by atoms with Gasteiger partial charge < -0.3 is 14.5 Å². The molecule has 1 aromatic carbocycles. The number of ether oxygens (including phenoxy) is 1. The average Bonchev–Trinajstić information content (AvgIpc) is 2.88. The fourth-order valence-electron chi connectivity index (χ4n) is 4.06. The molecule has 35 heavy (non-hydrogen) atoms. The number of pyridine rings is 1. The molecule has 0 bridgehead atoms. The Labute approximate surface area is 205 Å². The highest BCUT2D eigenvalue weighted by atomic mass is 16.5. The predicted molar refractivity (Wildman–Crippen MR) is 135 cm³/mol. The number of anilines is 1. The first-order valence-electron chi connectivity index (χ1n) is 11.0. The van der Waals surface area contributed by atoms with Gasteiger partial charge in [-0.25, -0.2) is 19.8 Å². The monoisotopic (exact) mass is 474 g/mol. The van der Waals surface area contributed by atoms with Crippen molar-refractivity contribution < 1.29 is 9.53 Å². The van der Waals surface area contributed by atoms with Crippen LogP contribution < -0.4 is 10.2 Å². The van der Waals surface area contributed by atoms with Crippen molar-refractivity contribution in [1.29, 1.82) is 5.26 Å². The fourth-order valence-corrected chi connectivity index (χ4v) is 4.06. The molecule has 1 N–H and O–H groups in total. The predicted octanol–water partition coefficient (Wildman–Crippen LogP) is 3.35. The van der Waals surface area contributed by atoms with E-state index in [-0.39, 0.29) is 25.1 Å². The molecule has 10 heteroatoms. The SMILES string of the molecule is C.COC(=O)c1cnc(N2CCN(C(=Nc3cccc4ncccc34)NC#N)[C@@H](C(C)C)C2)cn1. The zero-order valence-corrected chi connectivity index (χ0v) is 19.3. The molecule has 3 aromatic rings. The molecule has 3 heterocycles. The third-order valence-electron chi connectivity index (χ3n) is 5.83. The van der Waals surface area contributed by atoms with E-state index in [4.69, 9.17) is 9.73 Å². The summed E-state index contributed by atoms with van der Waals surface area (Å²) in [5.74, 6) is 0.940. The molecule has 0 unspecified atom stereocenters. The Hall–Kier alpha value is -4.26. The van der Waals surface area contributed by atoms with Gasteiger partial charge in [0.15, 0.2) is 11.9 Å². The van der Waals surface area contributed by atoms with E-state index >= 15 is 0 Å². The number of nitrogens with one attached hydrogen (secondary N) is 1. The summed E-state index contributed by atoms with van der Waals surface area (Å²) in [6.07, 6.45) is 6.80. The van der Waals surface area contributed by atoms with Gasteiger partial charge in [0.05, 0.1) is 36.7 Å². The highest BCUT2D eigenvalue weighted by molar-refractivity contribution is 5.94. The van der Waals surface area contributed by atoms with E-state index in [9.17, 15) is 10.1 Å². The van der Waals surface area contributed by atoms with Gasteiger partial charge in [-0.1, -0.05) is 27.3 Å². The van der Waals surface area contributed by atoms with E-state index in [2.05, 4.69) is 43.9 Å². The normalized spacial score (nSPS) is 16.0. The molecule has 0 amide bonds. The second-order valence-electron chi connectivity index (χ2n) is 8.22. The highest BCUT2D eigenvalue weighted by Gasteiger charge is 2.32. The maximum absolute atomic E-state index is 11.7. The van der Waals surface area contributed by atoms with E-state index in [1.807, 2.05) is 36.5 Å². The van der Waals surface area contributed by atoms with Crippen LogP contribution in [-0.4, -0.2) is 64.6 Å². The first-order chi connectivity index (χ1) is 16.5. The van der Waals surface area contributed by atoms with Crippen molar-refractivity contribution in [3.05, 3.63) is 54.6 Å². The summed E-state index contributed by atoms with van der Waals surface area (Å²) in [5.41, 5.74) is 1.76. The number of hydrogen-bond donors (Lipinski definition) is 1. The van der Waals surface area contributed by atoms with Crippen molar-refractivity contribution in [2.75, 3.05) is 31.6 Å². The maximum Gasteiger partial charge on any atom is 0.358 e. The lowest BCUT2D eigenvalue weighted by molar-refractivity contribution is 0.0593. The van der Waals surface area contributed by atoms with Gasteiger partial charge in [-0.2, -0.15) is 5.26 Å². The Morgan fingerprint density at radius 3 is 2.71 bits per heavy atom. The van der Waals surface area contributed by atoms with Crippen molar-refractivity contribution in [2.24, 2.45) is 10.9 Å². The van der Waals surface area contributed by atoms with Crippen LogP contribution in [0, 0.1) is 17.4 Å². The zero-order valence-electron chi connectivity index (χ0n) is 19.3. The molecular formula is C25H30N8O2. The lowest BCUT2D eigenvalue weighted by Crippen LogP contribution is -2.59. The summed E-state index contributed by atoms with van der Waals surface area (Å²) in [6.45, 7) is 6.21. The number of carbonyl (C=O) groups excluding carboxylic acids is 1. The van der Waals surface area contributed by atoms with Crippen molar-refractivity contribution in [2.45, 2.75) is 27.3 Å². The number of methoxy groups -OCH3 is 1. The molecule has 1 aliphatic heterocycles. The smallest absolute Gasteiger partial charge is 0.358 e. The Balaban J connectivity index is 0.00000342. The second kappa shape index (κ2) is 11.2. The molecule has 0 aliphatic carbocycles. The number of rotatable bonds is 4. The second-order valence-corrected chi connectivity index (χ2v) is 8.22. The number of guanidine groups is 1. The lowest BCUT2D eigenvalue weighted by Gasteiger charge is -2.44. The number of nitrogens with zero attached hydrogens (tertiary/aromatic N) is 7. The van der Waals surface area contributed by atoms with Crippen LogP contribution >= 0.6 is 0 Å². The molecule has 1 aliphatic rings. The largest absolute Gasteiger partial charge is 0.464 e. The quantitative estimate of drug-likeness (QED) is 0.199. The Morgan fingerprint density at radius 2 is 2.03 bits per heavy atom. The Bertz CT molecular complexity index is 1230. The van der Waals surface area contributed by atoms with Gasteiger partial charge in [0, 0.05) is 31.2 Å². The van der Waals surface area contributed by atoms with Crippen LogP contribution in [0.2, 0.25) is 0 Å². The average molecular weight is 475 g/mol. The number of aromatic nitrogens is 3. The van der Waals surface area contributed by atoms with Gasteiger partial charge in [0.2, 0.25) is 5.96 Å². The number of benzene rings is 1. The minimum Gasteiger partial charge on any atom is -0.464 e. The maximum atomic E-state index is 11.7. The van der Waals surface area contributed by atoms with Crippen LogP contribution in [0.3, 0.4) is 0 Å². The molecule has 1 fully saturated rings. The molecule has 1 atom stereocenters. The van der Waals surface area contributed by atoms with Crippen LogP contribution in [-0.2, 0) is 4.74 Å². The van der Waals surface area contributed by atoms with Crippen molar-refractivity contribution in [1.82, 2.24) is 25.2 Å². The van der Waals surface area contributed by atoms with Crippen LogP contribution in [0.4, 0.5) is 11.5 Å². The van der Waals surface area contributed by atoms with Gasteiger partial charge in [0.25, 0.3) is 0 Å². The number of nitriles is 1. The minimum atomic E-state index is -0.518. The summed E-state index contributed by atoms with van der Waals surface area (Å²) in [4.78, 5) is 33.8. The first-order valence-corrected chi connectivity index (χ1v) is 11.0. The highest BCUT2D eigenvalue weighted by Crippen LogP contribution is 2.26. The van der Waals surface area contributed by atoms with Crippen molar-refractivity contribution in [3.8, 4) is 6.19 Å². The van der Waals surface area contributed by atoms with Gasteiger partial charge in [-0.15, -0.1) is 0 Å². The Kier molecular flexibility index (Phi) is 8.15. The number of carbonyl (C=O) groups is 1.